The summed E-state index contributed by atoms with van der Waals surface area (Å²) in [5, 5.41) is 8.07. The molecule has 0 aromatic rings. The molecule has 0 unspecified atom stereocenters. The zero-order valence-corrected chi connectivity index (χ0v) is 3.92. The third kappa shape index (κ3) is 1.62. The van der Waals surface area contributed by atoms with E-state index >= 15 is 0 Å². The molecule has 1 saturated carbocycles. The van der Waals surface area contributed by atoms with Crippen molar-refractivity contribution in [3.63, 3.8) is 0 Å². The predicted octanol–water partition coefficient (Wildman–Crippen LogP) is 0.951. The van der Waals surface area contributed by atoms with Crippen LogP contribution in [0, 0.1) is 0 Å². The Morgan fingerprint density at radius 1 is 1.71 bits per heavy atom. The molecule has 1 rings (SSSR count). The number of carbonyl (C=O) groups is 1. The quantitative estimate of drug-likeness (QED) is 0.520. The molecule has 0 aromatic carbocycles. The average molecular weight is 96.9 g/mol. The van der Waals surface area contributed by atoms with Gasteiger partial charge in [-0.25, -0.2) is 0 Å². The molecule has 0 aromatic heterocycles. The van der Waals surface area contributed by atoms with Crippen LogP contribution in [0.25, 0.3) is 0 Å². The molecular weight excluding hydrogens is 90.9 g/mol. The second kappa shape index (κ2) is 1.56. The second-order valence-corrected chi connectivity index (χ2v) is 1.84. The average Bonchev–Trinajstić information content (AvgIpc) is 2.17. The van der Waals surface area contributed by atoms with Gasteiger partial charge in [-0.1, -0.05) is 18.7 Å². The Morgan fingerprint density at radius 3 is 2.43 bits per heavy atom. The fourth-order valence-electron chi connectivity index (χ4n) is 0.465. The van der Waals surface area contributed by atoms with E-state index in [0.29, 0.717) is 5.82 Å². The molecule has 1 N–H and O–H groups in total. The number of carboxylic acid groups (broad SMARTS) is 1. The first-order chi connectivity index (χ1) is 3.29. The van der Waals surface area contributed by atoms with Gasteiger partial charge in [0.05, 0.1) is 0 Å². The van der Waals surface area contributed by atoms with Crippen LogP contribution in [0.3, 0.4) is 0 Å². The predicted molar refractivity (Wildman–Crippen MR) is 26.8 cm³/mol. The first-order valence-electron chi connectivity index (χ1n) is 2.37. The van der Waals surface area contributed by atoms with E-state index in [-0.39, 0.29) is 0 Å². The first-order valence-corrected chi connectivity index (χ1v) is 2.37. The third-order valence-corrected chi connectivity index (χ3v) is 1.00. The normalized spacial score (nSPS) is 18.9. The highest BCUT2D eigenvalue weighted by molar-refractivity contribution is 6.73. The molecular formula is C4H6BO2. The number of hydrogen-bond acceptors (Lipinski definition) is 1. The van der Waals surface area contributed by atoms with Gasteiger partial charge in [0.25, 0.3) is 7.28 Å². The summed E-state index contributed by atoms with van der Waals surface area (Å²) in [7, 11) is 1.36. The molecule has 2 nitrogen and oxygen atoms in total. The van der Waals surface area contributed by atoms with Crippen LogP contribution in [-0.2, 0) is 0 Å². The standard InChI is InChI=1S/C4H6BO2/c6-4(7)5-3-1-2-3/h3H,1-2H2,(H,6,7). The topological polar surface area (TPSA) is 37.3 Å². The molecule has 1 fully saturated rings. The van der Waals surface area contributed by atoms with Crippen LogP contribution < -0.4 is 0 Å². The number of rotatable bonds is 2. The molecule has 0 bridgehead atoms. The zero-order chi connectivity index (χ0) is 5.28. The van der Waals surface area contributed by atoms with Gasteiger partial charge in [-0.3, -0.25) is 4.79 Å². The van der Waals surface area contributed by atoms with Gasteiger partial charge >= 0.3 is 0 Å². The van der Waals surface area contributed by atoms with Crippen molar-refractivity contribution in [2.24, 2.45) is 0 Å². The molecule has 1 aliphatic carbocycles. The van der Waals surface area contributed by atoms with Crippen LogP contribution in [0.1, 0.15) is 12.8 Å². The molecule has 3 heteroatoms. The van der Waals surface area contributed by atoms with Crippen molar-refractivity contribution >= 4 is 13.1 Å². The molecule has 1 radical (unpaired) electrons. The fraction of sp³-hybridized carbons (Fsp3) is 0.750. The maximum Gasteiger partial charge on any atom is 0.264 e. The van der Waals surface area contributed by atoms with Crippen LogP contribution in [0.15, 0.2) is 0 Å². The maximum atomic E-state index is 9.79. The van der Waals surface area contributed by atoms with Crippen LogP contribution >= 0.6 is 0 Å². The highest BCUT2D eigenvalue weighted by Gasteiger charge is 2.25. The van der Waals surface area contributed by atoms with Gasteiger partial charge in [-0.15, -0.1) is 0 Å². The lowest BCUT2D eigenvalue weighted by atomic mass is 9.73. The van der Waals surface area contributed by atoms with E-state index in [4.69, 9.17) is 5.11 Å². The summed E-state index contributed by atoms with van der Waals surface area (Å²) in [5.41, 5.74) is 0. The lowest BCUT2D eigenvalue weighted by Crippen LogP contribution is -2.03. The lowest BCUT2D eigenvalue weighted by molar-refractivity contribution is 0.219. The summed E-state index contributed by atoms with van der Waals surface area (Å²) in [5.74, 6) is -0.375. The van der Waals surface area contributed by atoms with Gasteiger partial charge in [0, 0.05) is 0 Å². The molecule has 0 amide bonds. The van der Waals surface area contributed by atoms with E-state index in [1.165, 1.54) is 7.28 Å². The first kappa shape index (κ1) is 4.69. The minimum atomic E-state index is -0.775. The second-order valence-electron chi connectivity index (χ2n) is 1.84. The number of hydrogen-bond donors (Lipinski definition) is 1. The highest BCUT2D eigenvalue weighted by atomic mass is 16.4. The summed E-state index contributed by atoms with van der Waals surface area (Å²) in [6.45, 7) is 0. The smallest absolute Gasteiger partial charge is 0.264 e. The zero-order valence-electron chi connectivity index (χ0n) is 3.92. The van der Waals surface area contributed by atoms with Crippen molar-refractivity contribution in [2.75, 3.05) is 0 Å². The Labute approximate surface area is 42.8 Å². The van der Waals surface area contributed by atoms with E-state index in [0.717, 1.165) is 12.8 Å². The fourth-order valence-corrected chi connectivity index (χ4v) is 0.465. The molecule has 0 heterocycles. The molecule has 7 heavy (non-hydrogen) atoms. The lowest BCUT2D eigenvalue weighted by Gasteiger charge is -1.79. The Kier molecular flexibility index (Phi) is 1.05. The van der Waals surface area contributed by atoms with Crippen LogP contribution in [0.5, 0.6) is 0 Å². The minimum absolute atomic E-state index is 0.400. The van der Waals surface area contributed by atoms with Gasteiger partial charge in [-0.2, -0.15) is 0 Å². The molecule has 1 aliphatic rings. The Hall–Kier alpha value is -0.465. The Morgan fingerprint density at radius 2 is 2.29 bits per heavy atom. The van der Waals surface area contributed by atoms with E-state index in [1.807, 2.05) is 0 Å². The molecule has 0 spiro atoms. The van der Waals surface area contributed by atoms with Crippen molar-refractivity contribution in [1.29, 1.82) is 0 Å². The van der Waals surface area contributed by atoms with Crippen molar-refractivity contribution in [3.8, 4) is 0 Å². The SMILES string of the molecule is O=C(O)[B]C1CC1. The minimum Gasteiger partial charge on any atom is -0.490 e. The van der Waals surface area contributed by atoms with Gasteiger partial charge in [0.2, 0.25) is 5.87 Å². The van der Waals surface area contributed by atoms with Gasteiger partial charge in [0.15, 0.2) is 0 Å². The van der Waals surface area contributed by atoms with Crippen molar-refractivity contribution in [3.05, 3.63) is 0 Å². The highest BCUT2D eigenvalue weighted by Crippen LogP contribution is 2.34. The summed E-state index contributed by atoms with van der Waals surface area (Å²) >= 11 is 0. The maximum absolute atomic E-state index is 9.79. The van der Waals surface area contributed by atoms with Crippen LogP contribution in [0.4, 0.5) is 4.79 Å². The van der Waals surface area contributed by atoms with E-state index in [2.05, 4.69) is 0 Å². The Bertz CT molecular complexity index is 87.7. The van der Waals surface area contributed by atoms with Crippen molar-refractivity contribution < 1.29 is 9.90 Å². The largest absolute Gasteiger partial charge is 0.490 e. The Balaban J connectivity index is 2.08. The monoisotopic (exact) mass is 97.0 g/mol. The van der Waals surface area contributed by atoms with Crippen LogP contribution in [0.2, 0.25) is 5.82 Å². The third-order valence-electron chi connectivity index (χ3n) is 1.00. The molecule has 0 atom stereocenters. The van der Waals surface area contributed by atoms with E-state index < -0.39 is 5.87 Å². The van der Waals surface area contributed by atoms with E-state index in [9.17, 15) is 4.79 Å². The summed E-state index contributed by atoms with van der Waals surface area (Å²) in [6.07, 6.45) is 2.15. The summed E-state index contributed by atoms with van der Waals surface area (Å²) < 4.78 is 0. The van der Waals surface area contributed by atoms with Crippen molar-refractivity contribution in [1.82, 2.24) is 0 Å². The summed E-state index contributed by atoms with van der Waals surface area (Å²) in [6, 6.07) is 0. The molecule has 37 valence electrons. The van der Waals surface area contributed by atoms with Gasteiger partial charge in [0.1, 0.15) is 0 Å². The molecule has 0 aliphatic heterocycles. The summed E-state index contributed by atoms with van der Waals surface area (Å²) in [4.78, 5) is 9.79. The van der Waals surface area contributed by atoms with Crippen molar-refractivity contribution in [2.45, 2.75) is 18.7 Å². The van der Waals surface area contributed by atoms with E-state index in [1.54, 1.807) is 0 Å². The van der Waals surface area contributed by atoms with Crippen LogP contribution in [-0.4, -0.2) is 18.3 Å². The molecule has 0 saturated heterocycles. The van der Waals surface area contributed by atoms with Gasteiger partial charge in [-0.05, 0) is 0 Å². The van der Waals surface area contributed by atoms with Gasteiger partial charge < -0.3 is 5.11 Å².